The number of carboxylic acids is 1. The Hall–Kier alpha value is -1.36. The highest BCUT2D eigenvalue weighted by Crippen LogP contribution is 2.67. The van der Waals surface area contributed by atoms with E-state index >= 15 is 0 Å². The molecule has 0 aromatic heterocycles. The van der Waals surface area contributed by atoms with Crippen molar-refractivity contribution < 1.29 is 23.9 Å². The molecular formula is C32H54NO4+. The molecule has 1 N–H and O–H groups in total. The number of likely N-dealkylation sites (N-methyl/N-ethyl adjacent to an activating group) is 1. The lowest BCUT2D eigenvalue weighted by molar-refractivity contribution is -0.809. The number of carbonyl (C=O) groups is 2. The summed E-state index contributed by atoms with van der Waals surface area (Å²) in [7, 11) is 3.24. The van der Waals surface area contributed by atoms with Gasteiger partial charge in [-0.2, -0.15) is 4.79 Å². The minimum atomic E-state index is -0.984. The molecule has 0 heterocycles. The van der Waals surface area contributed by atoms with Crippen LogP contribution < -0.4 is 0 Å². The van der Waals surface area contributed by atoms with Gasteiger partial charge < -0.3 is 9.84 Å². The van der Waals surface area contributed by atoms with E-state index in [4.69, 9.17) is 9.84 Å². The second kappa shape index (κ2) is 10.7. The Bertz CT molecular complexity index is 893. The third-order valence-corrected chi connectivity index (χ3v) is 11.6. The number of hydrogen-bond acceptors (Lipinski definition) is 3. The predicted octanol–water partition coefficient (Wildman–Crippen LogP) is 7.69. The van der Waals surface area contributed by atoms with Gasteiger partial charge in [-0.3, -0.25) is 0 Å². The largest absolute Gasteiger partial charge is 0.516 e. The van der Waals surface area contributed by atoms with E-state index < -0.39 is 12.1 Å². The number of rotatable bonds is 8. The molecule has 0 aromatic carbocycles. The third-order valence-electron chi connectivity index (χ3n) is 11.6. The van der Waals surface area contributed by atoms with E-state index in [0.717, 1.165) is 54.8 Å². The Morgan fingerprint density at radius 1 is 1.05 bits per heavy atom. The summed E-state index contributed by atoms with van der Waals surface area (Å²) in [5.74, 6) is 3.94. The fourth-order valence-corrected chi connectivity index (χ4v) is 9.44. The van der Waals surface area contributed by atoms with E-state index in [0.29, 0.717) is 5.41 Å². The predicted molar refractivity (Wildman–Crippen MR) is 148 cm³/mol. The number of quaternary nitrogens is 1. The lowest BCUT2D eigenvalue weighted by Crippen LogP contribution is -2.52. The van der Waals surface area contributed by atoms with Gasteiger partial charge in [0.15, 0.2) is 6.54 Å². The van der Waals surface area contributed by atoms with E-state index in [1.54, 1.807) is 14.1 Å². The van der Waals surface area contributed by atoms with Gasteiger partial charge in [0.2, 0.25) is 0 Å². The van der Waals surface area contributed by atoms with Crippen molar-refractivity contribution in [3.8, 4) is 0 Å². The maximum absolute atomic E-state index is 12.7. The van der Waals surface area contributed by atoms with Crippen molar-refractivity contribution >= 4 is 12.1 Å². The lowest BCUT2D eigenvalue weighted by Gasteiger charge is -2.58. The van der Waals surface area contributed by atoms with Gasteiger partial charge in [-0.1, -0.05) is 65.5 Å². The van der Waals surface area contributed by atoms with Crippen LogP contribution in [0.4, 0.5) is 4.79 Å². The second-order valence-electron chi connectivity index (χ2n) is 14.8. The minimum Gasteiger partial charge on any atom is -0.477 e. The number of ether oxygens (including phenoxy) is 1. The summed E-state index contributed by atoms with van der Waals surface area (Å²) in [4.78, 5) is 23.9. The van der Waals surface area contributed by atoms with Gasteiger partial charge in [-0.15, -0.1) is 0 Å². The van der Waals surface area contributed by atoms with E-state index in [-0.39, 0.29) is 22.5 Å². The van der Waals surface area contributed by atoms with Crippen LogP contribution in [0, 0.1) is 46.3 Å². The van der Waals surface area contributed by atoms with Crippen LogP contribution in [0.3, 0.4) is 0 Å². The summed E-state index contributed by atoms with van der Waals surface area (Å²) >= 11 is 0. The average molecular weight is 517 g/mol. The molecule has 0 bridgehead atoms. The number of aliphatic carboxylic acids is 1. The van der Waals surface area contributed by atoms with Crippen molar-refractivity contribution in [1.82, 2.24) is 0 Å². The lowest BCUT2D eigenvalue weighted by atomic mass is 9.47. The van der Waals surface area contributed by atoms with Crippen molar-refractivity contribution in [2.24, 2.45) is 46.3 Å². The zero-order chi connectivity index (χ0) is 27.2. The topological polar surface area (TPSA) is 63.6 Å². The molecule has 0 aliphatic heterocycles. The molecule has 8 atom stereocenters. The second-order valence-corrected chi connectivity index (χ2v) is 14.8. The van der Waals surface area contributed by atoms with Crippen LogP contribution in [0.25, 0.3) is 0 Å². The van der Waals surface area contributed by atoms with Crippen LogP contribution in [-0.4, -0.2) is 48.4 Å². The van der Waals surface area contributed by atoms with Crippen LogP contribution in [0.15, 0.2) is 11.6 Å². The maximum Gasteiger partial charge on any atom is 0.516 e. The molecule has 4 aliphatic carbocycles. The molecule has 0 radical (unpaired) electrons. The summed E-state index contributed by atoms with van der Waals surface area (Å²) in [6, 6.07) is 0. The molecule has 5 heteroatoms. The highest BCUT2D eigenvalue weighted by atomic mass is 16.6. The summed E-state index contributed by atoms with van der Waals surface area (Å²) in [6.45, 7) is 12.1. The fourth-order valence-electron chi connectivity index (χ4n) is 9.44. The summed E-state index contributed by atoms with van der Waals surface area (Å²) in [5, 5.41) is 9.16. The first-order chi connectivity index (χ1) is 17.3. The first kappa shape index (κ1) is 28.6. The zero-order valence-electron chi connectivity index (χ0n) is 24.7. The standard InChI is InChI=1S/C32H53NO4/c1-21(2)9-8-10-22(3)26-13-14-27-25-12-11-23-19-24(37-30(36)33(6,7)20-29(34)35)15-17-31(23,4)28(25)16-18-32(26,27)5/h11,21-22,24-28H,8-10,12-20H2,1-7H3/p+1/t22-,24?,25+,26-,27+,28+,31+,32-/m1/s1. The number of amides is 1. The van der Waals surface area contributed by atoms with Gasteiger partial charge in [-0.05, 0) is 91.3 Å². The maximum atomic E-state index is 12.7. The fraction of sp³-hybridized carbons (Fsp3) is 0.875. The van der Waals surface area contributed by atoms with Gasteiger partial charge in [0.05, 0.1) is 14.1 Å². The molecule has 1 unspecified atom stereocenters. The molecule has 3 saturated carbocycles. The highest BCUT2D eigenvalue weighted by molar-refractivity contribution is 5.71. The van der Waals surface area contributed by atoms with Gasteiger partial charge in [0.1, 0.15) is 6.10 Å². The molecule has 1 amide bonds. The summed E-state index contributed by atoms with van der Waals surface area (Å²) in [6.07, 6.45) is 15.6. The molecule has 0 aromatic rings. The molecular weight excluding hydrogens is 462 g/mol. The number of hydrogen-bond donors (Lipinski definition) is 1. The quantitative estimate of drug-likeness (QED) is 0.265. The molecule has 0 saturated heterocycles. The van der Waals surface area contributed by atoms with Crippen LogP contribution in [-0.2, 0) is 9.53 Å². The monoisotopic (exact) mass is 516 g/mol. The van der Waals surface area contributed by atoms with Gasteiger partial charge in [0, 0.05) is 6.42 Å². The van der Waals surface area contributed by atoms with E-state index in [2.05, 4.69) is 40.7 Å². The number of nitrogens with zero attached hydrogens (tertiary/aromatic N) is 1. The first-order valence-electron chi connectivity index (χ1n) is 15.2. The third kappa shape index (κ3) is 5.54. The van der Waals surface area contributed by atoms with Crippen LogP contribution in [0.5, 0.6) is 0 Å². The summed E-state index contributed by atoms with van der Waals surface area (Å²) < 4.78 is 5.62. The molecule has 4 aliphatic rings. The van der Waals surface area contributed by atoms with E-state index in [1.807, 2.05) is 0 Å². The Labute approximate surface area is 226 Å². The smallest absolute Gasteiger partial charge is 0.477 e. The Morgan fingerprint density at radius 3 is 2.46 bits per heavy atom. The van der Waals surface area contributed by atoms with E-state index in [9.17, 15) is 9.59 Å². The average Bonchev–Trinajstić information content (AvgIpc) is 3.15. The van der Waals surface area contributed by atoms with E-state index in [1.165, 1.54) is 56.9 Å². The number of carboxylic acid groups (broad SMARTS) is 1. The molecule has 3 fully saturated rings. The Morgan fingerprint density at radius 2 is 1.78 bits per heavy atom. The number of carbonyl (C=O) groups excluding carboxylic acids is 1. The van der Waals surface area contributed by atoms with Crippen molar-refractivity contribution in [1.29, 1.82) is 0 Å². The molecule has 5 nitrogen and oxygen atoms in total. The van der Waals surface area contributed by atoms with Crippen LogP contribution >= 0.6 is 0 Å². The molecule has 0 spiro atoms. The normalized spacial score (nSPS) is 38.3. The molecule has 210 valence electrons. The number of fused-ring (bicyclic) bond motifs is 5. The van der Waals surface area contributed by atoms with Gasteiger partial charge in [0.25, 0.3) is 0 Å². The van der Waals surface area contributed by atoms with Crippen molar-refractivity contribution in [2.75, 3.05) is 20.6 Å². The summed E-state index contributed by atoms with van der Waals surface area (Å²) in [5.41, 5.74) is 2.22. The van der Waals surface area contributed by atoms with Gasteiger partial charge in [-0.25, -0.2) is 9.28 Å². The number of allylic oxidation sites excluding steroid dienone is 1. The SMILES string of the molecule is CC(C)CCC[C@@H](C)[C@H]1CC[C@H]2[C@@H]3CC=C4CC(OC(=O)[N+](C)(C)CC(=O)O)CC[C@]4(C)[C@H]3CC[C@]12C. The van der Waals surface area contributed by atoms with Crippen LogP contribution in [0.1, 0.15) is 105 Å². The molecule has 37 heavy (non-hydrogen) atoms. The molecule has 4 rings (SSSR count). The van der Waals surface area contributed by atoms with Crippen molar-refractivity contribution in [3.63, 3.8) is 0 Å². The Balaban J connectivity index is 1.42. The van der Waals surface area contributed by atoms with Gasteiger partial charge >= 0.3 is 12.1 Å². The Kier molecular flexibility index (Phi) is 8.25. The van der Waals surface area contributed by atoms with Crippen molar-refractivity contribution in [3.05, 3.63) is 11.6 Å². The zero-order valence-corrected chi connectivity index (χ0v) is 24.7. The van der Waals surface area contributed by atoms with Crippen LogP contribution in [0.2, 0.25) is 0 Å². The minimum absolute atomic E-state index is 0.133. The first-order valence-corrected chi connectivity index (χ1v) is 15.2. The highest BCUT2D eigenvalue weighted by Gasteiger charge is 2.59. The van der Waals surface area contributed by atoms with Crippen molar-refractivity contribution in [2.45, 2.75) is 111 Å².